The summed E-state index contributed by atoms with van der Waals surface area (Å²) in [6, 6.07) is 1.80. The molecule has 19 heavy (non-hydrogen) atoms. The van der Waals surface area contributed by atoms with Gasteiger partial charge in [0.25, 0.3) is 0 Å². The fourth-order valence-corrected chi connectivity index (χ4v) is 3.26. The minimum absolute atomic E-state index is 0.244. The van der Waals surface area contributed by atoms with Crippen LogP contribution in [0.1, 0.15) is 53.6 Å². The van der Waals surface area contributed by atoms with Crippen molar-refractivity contribution in [3.8, 4) is 5.75 Å². The summed E-state index contributed by atoms with van der Waals surface area (Å²) >= 11 is 1.26. The molecule has 106 valence electrons. The van der Waals surface area contributed by atoms with Gasteiger partial charge in [-0.3, -0.25) is 0 Å². The molecular weight excluding hydrogens is 264 g/mol. The van der Waals surface area contributed by atoms with E-state index in [0.29, 0.717) is 5.75 Å². The molecule has 0 amide bonds. The molecule has 5 heteroatoms. The van der Waals surface area contributed by atoms with Gasteiger partial charge >= 0.3 is 5.97 Å². The summed E-state index contributed by atoms with van der Waals surface area (Å²) in [4.78, 5) is 12.4. The largest absolute Gasteiger partial charge is 0.486 e. The zero-order chi connectivity index (χ0) is 13.8. The lowest BCUT2D eigenvalue weighted by Gasteiger charge is -2.21. The van der Waals surface area contributed by atoms with Gasteiger partial charge in [-0.15, -0.1) is 11.3 Å². The van der Waals surface area contributed by atoms with E-state index < -0.39 is 12.1 Å². The fourth-order valence-electron chi connectivity index (χ4n) is 2.39. The number of thiophene rings is 1. The van der Waals surface area contributed by atoms with E-state index in [9.17, 15) is 15.0 Å². The summed E-state index contributed by atoms with van der Waals surface area (Å²) < 4.78 is 5.80. The predicted octanol–water partition coefficient (Wildman–Crippen LogP) is 3.08. The normalized spacial score (nSPS) is 23.9. The van der Waals surface area contributed by atoms with Crippen LogP contribution in [0.3, 0.4) is 0 Å². The van der Waals surface area contributed by atoms with Gasteiger partial charge in [-0.25, -0.2) is 4.79 Å². The monoisotopic (exact) mass is 284 g/mol. The van der Waals surface area contributed by atoms with E-state index >= 15 is 0 Å². The van der Waals surface area contributed by atoms with Crippen LogP contribution >= 0.6 is 11.3 Å². The number of rotatable bonds is 4. The molecule has 0 aromatic carbocycles. The SMILES string of the molecule is CCc1cc(OC2CCCCCC2O)c(C(=O)O)s1. The third-order valence-corrected chi connectivity index (χ3v) is 4.74. The van der Waals surface area contributed by atoms with Gasteiger partial charge in [-0.1, -0.05) is 19.8 Å². The molecule has 2 N–H and O–H groups in total. The molecule has 1 fully saturated rings. The standard InChI is InChI=1S/C14H20O4S/c1-2-9-8-12(13(19-9)14(16)17)18-11-7-5-3-4-6-10(11)15/h8,10-11,15H,2-7H2,1H3,(H,16,17). The van der Waals surface area contributed by atoms with E-state index in [2.05, 4.69) is 0 Å². The minimum atomic E-state index is -0.956. The molecule has 0 radical (unpaired) electrons. The highest BCUT2D eigenvalue weighted by atomic mass is 32.1. The van der Waals surface area contributed by atoms with E-state index in [1.807, 2.05) is 6.92 Å². The zero-order valence-electron chi connectivity index (χ0n) is 11.1. The fraction of sp³-hybridized carbons (Fsp3) is 0.643. The Morgan fingerprint density at radius 1 is 1.42 bits per heavy atom. The smallest absolute Gasteiger partial charge is 0.349 e. The van der Waals surface area contributed by atoms with E-state index in [1.165, 1.54) is 11.3 Å². The van der Waals surface area contributed by atoms with E-state index in [4.69, 9.17) is 4.74 Å². The molecule has 0 spiro atoms. The molecule has 2 rings (SSSR count). The van der Waals surface area contributed by atoms with Gasteiger partial charge in [0.1, 0.15) is 11.9 Å². The van der Waals surface area contributed by atoms with Crippen molar-refractivity contribution in [1.29, 1.82) is 0 Å². The van der Waals surface area contributed by atoms with Crippen molar-refractivity contribution in [3.63, 3.8) is 0 Å². The molecule has 2 unspecified atom stereocenters. The highest BCUT2D eigenvalue weighted by Gasteiger charge is 2.26. The maximum atomic E-state index is 11.2. The maximum Gasteiger partial charge on any atom is 0.349 e. The Kier molecular flexibility index (Phi) is 4.82. The Hall–Kier alpha value is -1.07. The first kappa shape index (κ1) is 14.3. The van der Waals surface area contributed by atoms with Crippen LogP contribution in [0.2, 0.25) is 0 Å². The van der Waals surface area contributed by atoms with Gasteiger partial charge in [-0.05, 0) is 31.7 Å². The first-order valence-electron chi connectivity index (χ1n) is 6.82. The number of hydrogen-bond acceptors (Lipinski definition) is 4. The Balaban J connectivity index is 2.16. The number of carbonyl (C=O) groups is 1. The molecule has 0 aliphatic heterocycles. The van der Waals surface area contributed by atoms with Gasteiger partial charge in [0, 0.05) is 4.88 Å². The van der Waals surface area contributed by atoms with Crippen molar-refractivity contribution >= 4 is 17.3 Å². The van der Waals surface area contributed by atoms with Crippen LogP contribution in [-0.4, -0.2) is 28.4 Å². The summed E-state index contributed by atoms with van der Waals surface area (Å²) in [5.41, 5.74) is 0. The molecule has 0 bridgehead atoms. The number of ether oxygens (including phenoxy) is 1. The first-order chi connectivity index (χ1) is 9.11. The van der Waals surface area contributed by atoms with Crippen molar-refractivity contribution in [2.75, 3.05) is 0 Å². The Morgan fingerprint density at radius 2 is 2.16 bits per heavy atom. The second kappa shape index (κ2) is 6.39. The van der Waals surface area contributed by atoms with Crippen molar-refractivity contribution in [3.05, 3.63) is 15.8 Å². The molecule has 1 saturated carbocycles. The number of aliphatic hydroxyl groups is 1. The third kappa shape index (κ3) is 3.48. The quantitative estimate of drug-likeness (QED) is 0.834. The number of hydrogen-bond donors (Lipinski definition) is 2. The molecule has 1 aliphatic carbocycles. The summed E-state index contributed by atoms with van der Waals surface area (Å²) in [7, 11) is 0. The van der Waals surface area contributed by atoms with Gasteiger partial charge in [0.15, 0.2) is 4.88 Å². The highest BCUT2D eigenvalue weighted by molar-refractivity contribution is 7.14. The molecule has 1 heterocycles. The van der Waals surface area contributed by atoms with Crippen molar-refractivity contribution < 1.29 is 19.7 Å². The molecule has 1 aliphatic rings. The molecular formula is C14H20O4S. The van der Waals surface area contributed by atoms with E-state index in [1.54, 1.807) is 6.07 Å². The van der Waals surface area contributed by atoms with Gasteiger partial charge in [0.2, 0.25) is 0 Å². The van der Waals surface area contributed by atoms with Crippen LogP contribution in [0.25, 0.3) is 0 Å². The van der Waals surface area contributed by atoms with Crippen LogP contribution in [0.5, 0.6) is 5.75 Å². The highest BCUT2D eigenvalue weighted by Crippen LogP contribution is 2.32. The van der Waals surface area contributed by atoms with Gasteiger partial charge < -0.3 is 14.9 Å². The van der Waals surface area contributed by atoms with E-state index in [0.717, 1.165) is 43.4 Å². The van der Waals surface area contributed by atoms with Crippen molar-refractivity contribution in [2.24, 2.45) is 0 Å². The van der Waals surface area contributed by atoms with Crippen LogP contribution in [-0.2, 0) is 6.42 Å². The molecule has 0 saturated heterocycles. The summed E-state index contributed by atoms with van der Waals surface area (Å²) in [6.07, 6.45) is 4.68. The lowest BCUT2D eigenvalue weighted by Crippen LogP contribution is -2.30. The van der Waals surface area contributed by atoms with Crippen LogP contribution in [0, 0.1) is 0 Å². The maximum absolute atomic E-state index is 11.2. The third-order valence-electron chi connectivity index (χ3n) is 3.49. The average Bonchev–Trinajstić information content (AvgIpc) is 2.69. The van der Waals surface area contributed by atoms with E-state index in [-0.39, 0.29) is 11.0 Å². The van der Waals surface area contributed by atoms with Gasteiger partial charge in [0.05, 0.1) is 6.10 Å². The number of aliphatic hydroxyl groups excluding tert-OH is 1. The molecule has 1 aromatic rings. The Morgan fingerprint density at radius 3 is 2.84 bits per heavy atom. The number of carboxylic acid groups (broad SMARTS) is 1. The molecule has 2 atom stereocenters. The summed E-state index contributed by atoms with van der Waals surface area (Å²) in [6.45, 7) is 1.99. The lowest BCUT2D eigenvalue weighted by atomic mass is 10.1. The second-order valence-corrected chi connectivity index (χ2v) is 6.06. The van der Waals surface area contributed by atoms with Gasteiger partial charge in [-0.2, -0.15) is 0 Å². The molecule has 1 aromatic heterocycles. The topological polar surface area (TPSA) is 66.8 Å². The second-order valence-electron chi connectivity index (χ2n) is 4.93. The van der Waals surface area contributed by atoms with Crippen LogP contribution in [0.4, 0.5) is 0 Å². The van der Waals surface area contributed by atoms with Crippen molar-refractivity contribution in [2.45, 2.75) is 57.7 Å². The lowest BCUT2D eigenvalue weighted by molar-refractivity contribution is 0.0309. The Labute approximate surface area is 117 Å². The number of aromatic carboxylic acids is 1. The summed E-state index contributed by atoms with van der Waals surface area (Å²) in [5.74, 6) is -0.539. The Bertz CT molecular complexity index is 441. The number of carboxylic acids is 1. The number of aryl methyl sites for hydroxylation is 1. The zero-order valence-corrected chi connectivity index (χ0v) is 11.9. The molecule has 4 nitrogen and oxygen atoms in total. The minimum Gasteiger partial charge on any atom is -0.486 e. The van der Waals surface area contributed by atoms with Crippen LogP contribution < -0.4 is 4.74 Å². The first-order valence-corrected chi connectivity index (χ1v) is 7.64. The average molecular weight is 284 g/mol. The van der Waals surface area contributed by atoms with Crippen LogP contribution in [0.15, 0.2) is 6.07 Å². The van der Waals surface area contributed by atoms with Crippen molar-refractivity contribution in [1.82, 2.24) is 0 Å². The predicted molar refractivity (Wildman–Crippen MR) is 74.2 cm³/mol. The summed E-state index contributed by atoms with van der Waals surface area (Å²) in [5, 5.41) is 19.2.